The van der Waals surface area contributed by atoms with Gasteiger partial charge in [0.2, 0.25) is 0 Å². The van der Waals surface area contributed by atoms with Gasteiger partial charge < -0.3 is 10.0 Å². The van der Waals surface area contributed by atoms with Gasteiger partial charge in [0.15, 0.2) is 11.5 Å². The maximum atomic E-state index is 10.6. The second kappa shape index (κ2) is 4.47. The van der Waals surface area contributed by atoms with E-state index in [9.17, 15) is 4.79 Å². The minimum absolute atomic E-state index is 0.00573. The summed E-state index contributed by atoms with van der Waals surface area (Å²) in [6.07, 6.45) is 2.40. The van der Waals surface area contributed by atoms with Crippen LogP contribution in [-0.4, -0.2) is 34.4 Å². The highest BCUT2D eigenvalue weighted by atomic mass is 16.4. The topological polar surface area (TPSA) is 66.3 Å². The Labute approximate surface area is 94.1 Å². The molecule has 0 bridgehead atoms. The van der Waals surface area contributed by atoms with E-state index >= 15 is 0 Å². The van der Waals surface area contributed by atoms with Crippen LogP contribution >= 0.6 is 0 Å². The van der Waals surface area contributed by atoms with Crippen molar-refractivity contribution >= 4 is 11.8 Å². The first-order valence-electron chi connectivity index (χ1n) is 5.49. The fourth-order valence-electron chi connectivity index (χ4n) is 2.01. The van der Waals surface area contributed by atoms with E-state index in [2.05, 4.69) is 22.0 Å². The molecule has 5 heteroatoms. The molecule has 0 saturated carbocycles. The monoisotopic (exact) mass is 221 g/mol. The lowest BCUT2D eigenvalue weighted by atomic mass is 10.0. The molecule has 86 valence electrons. The maximum absolute atomic E-state index is 10.6. The van der Waals surface area contributed by atoms with Gasteiger partial charge in [-0.25, -0.2) is 4.79 Å². The highest BCUT2D eigenvalue weighted by Gasteiger charge is 2.18. The van der Waals surface area contributed by atoms with Crippen molar-refractivity contribution < 1.29 is 9.90 Å². The summed E-state index contributed by atoms with van der Waals surface area (Å²) in [5.74, 6) is 0.400. The van der Waals surface area contributed by atoms with Crippen molar-refractivity contribution in [2.45, 2.75) is 19.8 Å². The molecule has 2 heterocycles. The molecule has 0 aromatic carbocycles. The van der Waals surface area contributed by atoms with E-state index in [1.807, 2.05) is 0 Å². The number of rotatable bonds is 2. The molecule has 1 fully saturated rings. The molecule has 1 unspecified atom stereocenters. The molecule has 1 atom stereocenters. The van der Waals surface area contributed by atoms with Gasteiger partial charge in [0.05, 0.1) is 0 Å². The molecule has 0 radical (unpaired) electrons. The van der Waals surface area contributed by atoms with E-state index in [1.165, 1.54) is 12.5 Å². The summed E-state index contributed by atoms with van der Waals surface area (Å²) in [7, 11) is 0. The molecular weight excluding hydrogens is 206 g/mol. The number of aromatic carboxylic acids is 1. The predicted octanol–water partition coefficient (Wildman–Crippen LogP) is 1.41. The van der Waals surface area contributed by atoms with Crippen LogP contribution in [0.2, 0.25) is 0 Å². The molecule has 1 N–H and O–H groups in total. The zero-order valence-corrected chi connectivity index (χ0v) is 9.26. The van der Waals surface area contributed by atoms with Crippen LogP contribution in [0, 0.1) is 5.92 Å². The summed E-state index contributed by atoms with van der Waals surface area (Å²) in [6, 6.07) is 3.23. The van der Waals surface area contributed by atoms with Crippen molar-refractivity contribution in [1.82, 2.24) is 10.2 Å². The number of piperidine rings is 1. The van der Waals surface area contributed by atoms with E-state index in [-0.39, 0.29) is 5.69 Å². The molecule has 1 aromatic heterocycles. The largest absolute Gasteiger partial charge is 0.476 e. The summed E-state index contributed by atoms with van der Waals surface area (Å²) in [5.41, 5.74) is -0.00573. The average molecular weight is 221 g/mol. The van der Waals surface area contributed by atoms with Crippen molar-refractivity contribution in [3.05, 3.63) is 17.8 Å². The number of hydrogen-bond donors (Lipinski definition) is 1. The quantitative estimate of drug-likeness (QED) is 0.817. The van der Waals surface area contributed by atoms with Crippen LogP contribution in [0.3, 0.4) is 0 Å². The second-order valence-electron chi connectivity index (χ2n) is 4.28. The minimum Gasteiger partial charge on any atom is -0.476 e. The summed E-state index contributed by atoms with van der Waals surface area (Å²) in [6.45, 7) is 4.16. The van der Waals surface area contributed by atoms with E-state index < -0.39 is 5.97 Å². The summed E-state index contributed by atoms with van der Waals surface area (Å²) >= 11 is 0. The average Bonchev–Trinajstić information content (AvgIpc) is 2.29. The Morgan fingerprint density at radius 3 is 2.88 bits per heavy atom. The van der Waals surface area contributed by atoms with Crippen molar-refractivity contribution in [1.29, 1.82) is 0 Å². The number of hydrogen-bond acceptors (Lipinski definition) is 4. The zero-order chi connectivity index (χ0) is 11.5. The predicted molar refractivity (Wildman–Crippen MR) is 59.6 cm³/mol. The molecule has 0 spiro atoms. The number of nitrogens with zero attached hydrogens (tertiary/aromatic N) is 3. The molecule has 16 heavy (non-hydrogen) atoms. The first-order chi connectivity index (χ1) is 7.66. The van der Waals surface area contributed by atoms with Crippen molar-refractivity contribution in [2.75, 3.05) is 18.0 Å². The molecular formula is C11H15N3O2. The van der Waals surface area contributed by atoms with Crippen LogP contribution in [-0.2, 0) is 0 Å². The van der Waals surface area contributed by atoms with Gasteiger partial charge in [-0.1, -0.05) is 6.92 Å². The van der Waals surface area contributed by atoms with Gasteiger partial charge >= 0.3 is 5.97 Å². The van der Waals surface area contributed by atoms with Crippen LogP contribution in [0.5, 0.6) is 0 Å². The highest BCUT2D eigenvalue weighted by molar-refractivity contribution is 5.85. The fraction of sp³-hybridized carbons (Fsp3) is 0.545. The summed E-state index contributed by atoms with van der Waals surface area (Å²) in [5, 5.41) is 16.4. The van der Waals surface area contributed by atoms with E-state index in [0.717, 1.165) is 25.3 Å². The number of carboxylic acid groups (broad SMARTS) is 1. The van der Waals surface area contributed by atoms with Gasteiger partial charge in [0, 0.05) is 13.1 Å². The highest BCUT2D eigenvalue weighted by Crippen LogP contribution is 2.20. The Kier molecular flexibility index (Phi) is 3.03. The van der Waals surface area contributed by atoms with E-state index in [4.69, 9.17) is 5.11 Å². The van der Waals surface area contributed by atoms with E-state index in [0.29, 0.717) is 5.92 Å². The third kappa shape index (κ3) is 2.29. The lowest BCUT2D eigenvalue weighted by Crippen LogP contribution is -2.35. The molecule has 2 rings (SSSR count). The first kappa shape index (κ1) is 10.9. The van der Waals surface area contributed by atoms with Gasteiger partial charge in [0.25, 0.3) is 0 Å². The van der Waals surface area contributed by atoms with Crippen molar-refractivity contribution in [3.63, 3.8) is 0 Å². The van der Waals surface area contributed by atoms with Gasteiger partial charge in [-0.2, -0.15) is 0 Å². The van der Waals surface area contributed by atoms with Crippen LogP contribution in [0.4, 0.5) is 5.82 Å². The Morgan fingerprint density at radius 1 is 1.50 bits per heavy atom. The molecule has 1 aliphatic rings. The minimum atomic E-state index is -1.04. The Morgan fingerprint density at radius 2 is 2.31 bits per heavy atom. The first-order valence-corrected chi connectivity index (χ1v) is 5.49. The lowest BCUT2D eigenvalue weighted by Gasteiger charge is -2.31. The number of carbonyl (C=O) groups is 1. The Hall–Kier alpha value is -1.65. The molecule has 0 aliphatic carbocycles. The molecule has 5 nitrogen and oxygen atoms in total. The van der Waals surface area contributed by atoms with Crippen LogP contribution in [0.1, 0.15) is 30.3 Å². The maximum Gasteiger partial charge on any atom is 0.356 e. The standard InChI is InChI=1S/C11H15N3O2/c1-8-3-2-6-14(7-8)10-5-4-9(11(15)16)12-13-10/h4-5,8H,2-3,6-7H2,1H3,(H,15,16). The smallest absolute Gasteiger partial charge is 0.356 e. The van der Waals surface area contributed by atoms with Crippen molar-refractivity contribution in [3.8, 4) is 0 Å². The fourth-order valence-corrected chi connectivity index (χ4v) is 2.01. The number of aromatic nitrogens is 2. The summed E-state index contributed by atoms with van der Waals surface area (Å²) < 4.78 is 0. The normalized spacial score (nSPS) is 20.8. The SMILES string of the molecule is CC1CCCN(c2ccc(C(=O)O)nn2)C1. The molecule has 1 saturated heterocycles. The van der Waals surface area contributed by atoms with Crippen LogP contribution in [0.15, 0.2) is 12.1 Å². The van der Waals surface area contributed by atoms with Crippen LogP contribution < -0.4 is 4.90 Å². The van der Waals surface area contributed by atoms with Gasteiger partial charge in [-0.15, -0.1) is 10.2 Å². The zero-order valence-electron chi connectivity index (χ0n) is 9.26. The van der Waals surface area contributed by atoms with Gasteiger partial charge in [0.1, 0.15) is 0 Å². The van der Waals surface area contributed by atoms with Gasteiger partial charge in [-0.05, 0) is 30.9 Å². The Bertz CT molecular complexity index is 377. The number of anilines is 1. The third-order valence-electron chi connectivity index (χ3n) is 2.85. The molecule has 1 aliphatic heterocycles. The Balaban J connectivity index is 2.11. The lowest BCUT2D eigenvalue weighted by molar-refractivity contribution is 0.0689. The van der Waals surface area contributed by atoms with Crippen molar-refractivity contribution in [2.24, 2.45) is 5.92 Å². The number of carboxylic acids is 1. The molecule has 0 amide bonds. The summed E-state index contributed by atoms with van der Waals surface area (Å²) in [4.78, 5) is 12.8. The van der Waals surface area contributed by atoms with Crippen LogP contribution in [0.25, 0.3) is 0 Å². The third-order valence-corrected chi connectivity index (χ3v) is 2.85. The second-order valence-corrected chi connectivity index (χ2v) is 4.28. The van der Waals surface area contributed by atoms with Gasteiger partial charge in [-0.3, -0.25) is 0 Å². The molecule has 1 aromatic rings. The van der Waals surface area contributed by atoms with E-state index in [1.54, 1.807) is 6.07 Å².